The SMILES string of the molecule is CC1CCCC(C)N1CCOC(C)(C)C. The molecule has 0 amide bonds. The van der Waals surface area contributed by atoms with Gasteiger partial charge in [-0.2, -0.15) is 0 Å². The molecule has 1 aliphatic rings. The maximum atomic E-state index is 5.79. The molecule has 1 saturated heterocycles. The number of hydrogen-bond acceptors (Lipinski definition) is 2. The van der Waals surface area contributed by atoms with Crippen molar-refractivity contribution in [3.8, 4) is 0 Å². The highest BCUT2D eigenvalue weighted by atomic mass is 16.5. The van der Waals surface area contributed by atoms with E-state index in [4.69, 9.17) is 4.74 Å². The first-order chi connectivity index (χ1) is 6.90. The van der Waals surface area contributed by atoms with Gasteiger partial charge in [-0.3, -0.25) is 4.90 Å². The second-order valence-corrected chi connectivity index (χ2v) is 5.83. The highest BCUT2D eigenvalue weighted by Gasteiger charge is 2.24. The van der Waals surface area contributed by atoms with Crippen molar-refractivity contribution >= 4 is 0 Å². The summed E-state index contributed by atoms with van der Waals surface area (Å²) in [6, 6.07) is 1.47. The van der Waals surface area contributed by atoms with Crippen LogP contribution in [0.4, 0.5) is 0 Å². The number of piperidine rings is 1. The maximum absolute atomic E-state index is 5.79. The number of nitrogens with zero attached hydrogens (tertiary/aromatic N) is 1. The van der Waals surface area contributed by atoms with Crippen molar-refractivity contribution in [2.45, 2.75) is 71.6 Å². The van der Waals surface area contributed by atoms with Gasteiger partial charge in [0.05, 0.1) is 12.2 Å². The number of likely N-dealkylation sites (tertiary alicyclic amines) is 1. The molecule has 2 nitrogen and oxygen atoms in total. The lowest BCUT2D eigenvalue weighted by Crippen LogP contribution is -2.45. The van der Waals surface area contributed by atoms with E-state index in [0.29, 0.717) is 0 Å². The molecule has 0 aliphatic carbocycles. The van der Waals surface area contributed by atoms with Crippen LogP contribution in [0, 0.1) is 0 Å². The second-order valence-electron chi connectivity index (χ2n) is 5.83. The molecule has 0 bridgehead atoms. The number of ether oxygens (including phenoxy) is 1. The molecule has 0 spiro atoms. The summed E-state index contributed by atoms with van der Waals surface area (Å²) in [7, 11) is 0. The quantitative estimate of drug-likeness (QED) is 0.714. The Morgan fingerprint density at radius 3 is 2.13 bits per heavy atom. The maximum Gasteiger partial charge on any atom is 0.0600 e. The van der Waals surface area contributed by atoms with Gasteiger partial charge >= 0.3 is 0 Å². The molecule has 0 aromatic rings. The fourth-order valence-corrected chi connectivity index (χ4v) is 2.37. The summed E-state index contributed by atoms with van der Waals surface area (Å²) in [5.41, 5.74) is 0.00225. The van der Waals surface area contributed by atoms with Gasteiger partial charge in [0.1, 0.15) is 0 Å². The summed E-state index contributed by atoms with van der Waals surface area (Å²) >= 11 is 0. The summed E-state index contributed by atoms with van der Waals surface area (Å²) in [5, 5.41) is 0. The van der Waals surface area contributed by atoms with Crippen LogP contribution in [0.3, 0.4) is 0 Å². The molecule has 2 atom stereocenters. The summed E-state index contributed by atoms with van der Waals surface area (Å²) in [5.74, 6) is 0. The Morgan fingerprint density at radius 1 is 1.13 bits per heavy atom. The van der Waals surface area contributed by atoms with Gasteiger partial charge in [0.15, 0.2) is 0 Å². The van der Waals surface area contributed by atoms with Crippen LogP contribution in [0.2, 0.25) is 0 Å². The van der Waals surface area contributed by atoms with E-state index in [1.54, 1.807) is 0 Å². The van der Waals surface area contributed by atoms with Crippen molar-refractivity contribution in [3.05, 3.63) is 0 Å². The topological polar surface area (TPSA) is 12.5 Å². The first kappa shape index (κ1) is 13.0. The van der Waals surface area contributed by atoms with Crippen molar-refractivity contribution in [1.82, 2.24) is 4.90 Å². The molecule has 90 valence electrons. The van der Waals surface area contributed by atoms with Crippen molar-refractivity contribution in [1.29, 1.82) is 0 Å². The molecule has 1 heterocycles. The monoisotopic (exact) mass is 213 g/mol. The van der Waals surface area contributed by atoms with Gasteiger partial charge < -0.3 is 4.74 Å². The highest BCUT2D eigenvalue weighted by molar-refractivity contribution is 4.79. The van der Waals surface area contributed by atoms with Crippen LogP contribution in [0.5, 0.6) is 0 Å². The fraction of sp³-hybridized carbons (Fsp3) is 1.00. The van der Waals surface area contributed by atoms with E-state index in [0.717, 1.165) is 25.2 Å². The molecule has 2 unspecified atom stereocenters. The Labute approximate surface area is 95.0 Å². The summed E-state index contributed by atoms with van der Waals surface area (Å²) in [6.07, 6.45) is 4.08. The number of hydrogen-bond donors (Lipinski definition) is 0. The zero-order chi connectivity index (χ0) is 11.5. The van der Waals surface area contributed by atoms with Gasteiger partial charge in [0, 0.05) is 18.6 Å². The normalized spacial score (nSPS) is 29.4. The fourth-order valence-electron chi connectivity index (χ4n) is 2.37. The molecule has 1 aliphatic heterocycles. The minimum absolute atomic E-state index is 0.00225. The van der Waals surface area contributed by atoms with Crippen LogP contribution in [-0.4, -0.2) is 35.7 Å². The average Bonchev–Trinajstić information content (AvgIpc) is 2.08. The largest absolute Gasteiger partial charge is 0.375 e. The molecular formula is C13H27NO. The van der Waals surface area contributed by atoms with Crippen LogP contribution < -0.4 is 0 Å². The van der Waals surface area contributed by atoms with Crippen molar-refractivity contribution in [2.75, 3.05) is 13.2 Å². The second kappa shape index (κ2) is 5.31. The molecule has 0 aromatic carbocycles. The molecule has 1 fully saturated rings. The van der Waals surface area contributed by atoms with E-state index in [1.165, 1.54) is 19.3 Å². The van der Waals surface area contributed by atoms with E-state index in [-0.39, 0.29) is 5.60 Å². The molecule has 2 heteroatoms. The lowest BCUT2D eigenvalue weighted by Gasteiger charge is -2.39. The minimum Gasteiger partial charge on any atom is -0.375 e. The minimum atomic E-state index is 0.00225. The standard InChI is InChI=1S/C13H27NO/c1-11-7-6-8-12(2)14(11)9-10-15-13(3,4)5/h11-12H,6-10H2,1-5H3. The van der Waals surface area contributed by atoms with Gasteiger partial charge in [-0.25, -0.2) is 0 Å². The summed E-state index contributed by atoms with van der Waals surface area (Å²) in [4.78, 5) is 2.59. The Morgan fingerprint density at radius 2 is 1.67 bits per heavy atom. The number of rotatable bonds is 3. The van der Waals surface area contributed by atoms with Gasteiger partial charge in [0.2, 0.25) is 0 Å². The van der Waals surface area contributed by atoms with Crippen LogP contribution in [0.1, 0.15) is 53.9 Å². The van der Waals surface area contributed by atoms with Gasteiger partial charge in [-0.05, 0) is 47.5 Å². The van der Waals surface area contributed by atoms with E-state index in [1.807, 2.05) is 0 Å². The first-order valence-electron chi connectivity index (χ1n) is 6.30. The van der Waals surface area contributed by atoms with Crippen LogP contribution in [-0.2, 0) is 4.74 Å². The van der Waals surface area contributed by atoms with E-state index >= 15 is 0 Å². The van der Waals surface area contributed by atoms with Crippen molar-refractivity contribution < 1.29 is 4.74 Å². The summed E-state index contributed by atoms with van der Waals surface area (Å²) in [6.45, 7) is 13.0. The zero-order valence-corrected chi connectivity index (χ0v) is 11.0. The highest BCUT2D eigenvalue weighted by Crippen LogP contribution is 2.22. The third-order valence-corrected chi connectivity index (χ3v) is 3.26. The summed E-state index contributed by atoms with van der Waals surface area (Å²) < 4.78 is 5.79. The molecule has 15 heavy (non-hydrogen) atoms. The predicted octanol–water partition coefficient (Wildman–Crippen LogP) is 3.06. The third-order valence-electron chi connectivity index (χ3n) is 3.26. The van der Waals surface area contributed by atoms with E-state index < -0.39 is 0 Å². The molecular weight excluding hydrogens is 186 g/mol. The Kier molecular flexibility index (Phi) is 4.60. The van der Waals surface area contributed by atoms with E-state index in [9.17, 15) is 0 Å². The van der Waals surface area contributed by atoms with Crippen LogP contribution >= 0.6 is 0 Å². The average molecular weight is 213 g/mol. The molecule has 0 radical (unpaired) electrons. The van der Waals surface area contributed by atoms with Crippen LogP contribution in [0.15, 0.2) is 0 Å². The first-order valence-corrected chi connectivity index (χ1v) is 6.30. The Bertz CT molecular complexity index is 175. The molecule has 1 rings (SSSR count). The zero-order valence-electron chi connectivity index (χ0n) is 11.0. The third kappa shape index (κ3) is 4.52. The smallest absolute Gasteiger partial charge is 0.0600 e. The molecule has 0 saturated carbocycles. The van der Waals surface area contributed by atoms with E-state index in [2.05, 4.69) is 39.5 Å². The Hall–Kier alpha value is -0.0800. The lowest BCUT2D eigenvalue weighted by atomic mass is 9.98. The Balaban J connectivity index is 2.29. The van der Waals surface area contributed by atoms with Gasteiger partial charge in [0.25, 0.3) is 0 Å². The van der Waals surface area contributed by atoms with Crippen molar-refractivity contribution in [3.63, 3.8) is 0 Å². The van der Waals surface area contributed by atoms with Crippen molar-refractivity contribution in [2.24, 2.45) is 0 Å². The van der Waals surface area contributed by atoms with Gasteiger partial charge in [-0.1, -0.05) is 6.42 Å². The molecule has 0 aromatic heterocycles. The predicted molar refractivity (Wildman–Crippen MR) is 65.2 cm³/mol. The lowest BCUT2D eigenvalue weighted by molar-refractivity contribution is -0.0273. The van der Waals surface area contributed by atoms with Crippen LogP contribution in [0.25, 0.3) is 0 Å². The molecule has 0 N–H and O–H groups in total. The van der Waals surface area contributed by atoms with Gasteiger partial charge in [-0.15, -0.1) is 0 Å².